The maximum atomic E-state index is 13.7. The Morgan fingerprint density at radius 2 is 2.41 bits per heavy atom. The van der Waals surface area contributed by atoms with Crippen LogP contribution >= 0.6 is 0 Å². The Morgan fingerprint density at radius 3 is 3.09 bits per heavy atom. The zero-order chi connectivity index (χ0) is 15.5. The van der Waals surface area contributed by atoms with E-state index in [9.17, 15) is 9.18 Å². The minimum Gasteiger partial charge on any atom is -0.348 e. The van der Waals surface area contributed by atoms with Gasteiger partial charge in [0.05, 0.1) is 6.54 Å². The molecule has 0 unspecified atom stereocenters. The van der Waals surface area contributed by atoms with Gasteiger partial charge < -0.3 is 9.88 Å². The number of amides is 1. The van der Waals surface area contributed by atoms with E-state index in [1.165, 1.54) is 6.33 Å². The van der Waals surface area contributed by atoms with Crippen LogP contribution < -0.4 is 5.32 Å². The summed E-state index contributed by atoms with van der Waals surface area (Å²) >= 11 is 0. The lowest BCUT2D eigenvalue weighted by Crippen LogP contribution is -2.40. The van der Waals surface area contributed by atoms with Gasteiger partial charge in [-0.15, -0.1) is 0 Å². The molecule has 0 radical (unpaired) electrons. The highest BCUT2D eigenvalue weighted by Crippen LogP contribution is 2.21. The van der Waals surface area contributed by atoms with Crippen molar-refractivity contribution in [2.45, 2.75) is 25.2 Å². The van der Waals surface area contributed by atoms with Gasteiger partial charge in [0.1, 0.15) is 18.3 Å². The maximum Gasteiger partial charge on any atom is 0.288 e. The number of alkyl halides is 1. The molecule has 1 fully saturated rings. The smallest absolute Gasteiger partial charge is 0.288 e. The van der Waals surface area contributed by atoms with Gasteiger partial charge in [-0.1, -0.05) is 0 Å². The van der Waals surface area contributed by atoms with Crippen LogP contribution in [0.1, 0.15) is 22.9 Å². The lowest BCUT2D eigenvalue weighted by Gasteiger charge is -2.23. The quantitative estimate of drug-likeness (QED) is 0.803. The Morgan fingerprint density at radius 1 is 1.55 bits per heavy atom. The molecule has 0 bridgehead atoms. The molecule has 0 aromatic carbocycles. The average molecular weight is 307 g/mol. The number of aromatic nitrogens is 5. The van der Waals surface area contributed by atoms with Crippen molar-refractivity contribution in [3.63, 3.8) is 0 Å². The zero-order valence-corrected chi connectivity index (χ0v) is 12.2. The van der Waals surface area contributed by atoms with E-state index in [1.807, 2.05) is 22.7 Å². The highest BCUT2D eigenvalue weighted by atomic mass is 19.1. The average Bonchev–Trinajstić information content (AvgIpc) is 3.20. The predicted octanol–water partition coefficient (Wildman–Crippen LogP) is -0.119. The lowest BCUT2D eigenvalue weighted by molar-refractivity contribution is 0.0929. The van der Waals surface area contributed by atoms with E-state index in [0.29, 0.717) is 26.1 Å². The number of nitrogens with zero attached hydrogens (tertiary/aromatic N) is 5. The molecule has 8 nitrogen and oxygen atoms in total. The minimum atomic E-state index is -0.882. The third-order valence-electron chi connectivity index (χ3n) is 3.87. The first-order valence-electron chi connectivity index (χ1n) is 7.11. The van der Waals surface area contributed by atoms with Gasteiger partial charge in [-0.3, -0.25) is 14.8 Å². The number of aromatic amines is 1. The third-order valence-corrected chi connectivity index (χ3v) is 3.87. The van der Waals surface area contributed by atoms with Gasteiger partial charge in [-0.2, -0.15) is 5.10 Å². The van der Waals surface area contributed by atoms with E-state index in [4.69, 9.17) is 0 Å². The first-order chi connectivity index (χ1) is 10.6. The standard InChI is InChI=1S/C13H18FN7O/c1-20-3-2-15-11(20)7-21-6-9(14)4-10(21)5-16-13(22)12-17-8-18-19-12/h2-3,8-10H,4-7H2,1H3,(H,16,22)(H,17,18,19)/t9-,10-/m0/s1. The number of nitrogens with one attached hydrogen (secondary N) is 2. The molecule has 0 aliphatic carbocycles. The summed E-state index contributed by atoms with van der Waals surface area (Å²) in [6.45, 7) is 1.28. The topological polar surface area (TPSA) is 91.7 Å². The summed E-state index contributed by atoms with van der Waals surface area (Å²) in [4.78, 5) is 21.9. The Kier molecular flexibility index (Phi) is 4.14. The minimum absolute atomic E-state index is 0.0569. The summed E-state index contributed by atoms with van der Waals surface area (Å²) in [5.74, 6) is 0.697. The van der Waals surface area contributed by atoms with Crippen molar-refractivity contribution < 1.29 is 9.18 Å². The highest BCUT2D eigenvalue weighted by molar-refractivity contribution is 5.90. The first-order valence-corrected chi connectivity index (χ1v) is 7.11. The van der Waals surface area contributed by atoms with Crippen LogP contribution in [0.15, 0.2) is 18.7 Å². The second-order valence-electron chi connectivity index (χ2n) is 5.41. The fraction of sp³-hybridized carbons (Fsp3) is 0.538. The normalized spacial score (nSPS) is 22.1. The number of imidazole rings is 1. The first kappa shape index (κ1) is 14.6. The van der Waals surface area contributed by atoms with E-state index in [1.54, 1.807) is 6.20 Å². The Bertz CT molecular complexity index is 626. The second kappa shape index (κ2) is 6.22. The fourth-order valence-corrected chi connectivity index (χ4v) is 2.67. The zero-order valence-electron chi connectivity index (χ0n) is 12.2. The third kappa shape index (κ3) is 3.14. The van der Waals surface area contributed by atoms with Gasteiger partial charge >= 0.3 is 0 Å². The van der Waals surface area contributed by atoms with Crippen LogP contribution in [0, 0.1) is 0 Å². The number of carbonyl (C=O) groups excluding carboxylic acids is 1. The molecular formula is C13H18FN7O. The van der Waals surface area contributed by atoms with Gasteiger partial charge in [0.2, 0.25) is 5.82 Å². The largest absolute Gasteiger partial charge is 0.348 e. The molecule has 118 valence electrons. The van der Waals surface area contributed by atoms with Crippen LogP contribution in [0.2, 0.25) is 0 Å². The number of rotatable bonds is 5. The molecule has 0 spiro atoms. The maximum absolute atomic E-state index is 13.7. The van der Waals surface area contributed by atoms with Gasteiger partial charge in [0, 0.05) is 38.6 Å². The van der Waals surface area contributed by atoms with Gasteiger partial charge in [-0.25, -0.2) is 14.4 Å². The van der Waals surface area contributed by atoms with Crippen LogP contribution in [0.25, 0.3) is 0 Å². The van der Waals surface area contributed by atoms with Crippen molar-refractivity contribution in [2.24, 2.45) is 7.05 Å². The van der Waals surface area contributed by atoms with Gasteiger partial charge in [-0.05, 0) is 6.42 Å². The van der Waals surface area contributed by atoms with Crippen LogP contribution in [-0.4, -0.2) is 60.8 Å². The summed E-state index contributed by atoms with van der Waals surface area (Å²) < 4.78 is 15.7. The van der Waals surface area contributed by atoms with Crippen molar-refractivity contribution in [3.8, 4) is 0 Å². The molecule has 2 atom stereocenters. The molecule has 1 aliphatic rings. The van der Waals surface area contributed by atoms with Crippen LogP contribution in [0.3, 0.4) is 0 Å². The molecule has 1 saturated heterocycles. The van der Waals surface area contributed by atoms with Gasteiger partial charge in [0.25, 0.3) is 5.91 Å². The van der Waals surface area contributed by atoms with E-state index in [-0.39, 0.29) is 17.8 Å². The SMILES string of the molecule is Cn1ccnc1CN1C[C@@H](F)C[C@H]1CNC(=O)c1ncn[nH]1. The molecule has 3 heterocycles. The monoisotopic (exact) mass is 307 g/mol. The van der Waals surface area contributed by atoms with Crippen molar-refractivity contribution in [3.05, 3.63) is 30.4 Å². The summed E-state index contributed by atoms with van der Waals surface area (Å²) in [5.41, 5.74) is 0. The molecule has 0 saturated carbocycles. The highest BCUT2D eigenvalue weighted by Gasteiger charge is 2.33. The van der Waals surface area contributed by atoms with E-state index >= 15 is 0 Å². The number of carbonyl (C=O) groups is 1. The van der Waals surface area contributed by atoms with Crippen molar-refractivity contribution in [2.75, 3.05) is 13.1 Å². The van der Waals surface area contributed by atoms with Crippen LogP contribution in [0.4, 0.5) is 4.39 Å². The van der Waals surface area contributed by atoms with Crippen LogP contribution in [-0.2, 0) is 13.6 Å². The van der Waals surface area contributed by atoms with Crippen LogP contribution in [0.5, 0.6) is 0 Å². The molecule has 22 heavy (non-hydrogen) atoms. The molecule has 1 aliphatic heterocycles. The van der Waals surface area contributed by atoms with E-state index < -0.39 is 6.17 Å². The lowest BCUT2D eigenvalue weighted by atomic mass is 10.2. The van der Waals surface area contributed by atoms with Crippen molar-refractivity contribution in [1.29, 1.82) is 0 Å². The molecule has 2 N–H and O–H groups in total. The Balaban J connectivity index is 1.59. The molecule has 2 aromatic rings. The second-order valence-corrected chi connectivity index (χ2v) is 5.41. The van der Waals surface area contributed by atoms with E-state index in [2.05, 4.69) is 25.5 Å². The predicted molar refractivity (Wildman–Crippen MR) is 75.6 cm³/mol. The summed E-state index contributed by atoms with van der Waals surface area (Å²) in [6, 6.07) is -0.0569. The number of hydrogen-bond acceptors (Lipinski definition) is 5. The molecule has 3 rings (SSSR count). The molecule has 2 aromatic heterocycles. The summed E-state index contributed by atoms with van der Waals surface area (Å²) in [7, 11) is 1.91. The van der Waals surface area contributed by atoms with E-state index in [0.717, 1.165) is 5.82 Å². The Hall–Kier alpha value is -2.29. The Labute approximate surface area is 126 Å². The summed E-state index contributed by atoms with van der Waals surface area (Å²) in [5, 5.41) is 8.90. The number of H-pyrrole nitrogens is 1. The van der Waals surface area contributed by atoms with Gasteiger partial charge in [0.15, 0.2) is 0 Å². The molecule has 9 heteroatoms. The number of likely N-dealkylation sites (tertiary alicyclic amines) is 1. The molecule has 1 amide bonds. The van der Waals surface area contributed by atoms with Crippen molar-refractivity contribution >= 4 is 5.91 Å². The number of aryl methyl sites for hydroxylation is 1. The number of hydrogen-bond donors (Lipinski definition) is 2. The summed E-state index contributed by atoms with van der Waals surface area (Å²) in [6.07, 6.45) is 4.38. The number of halogens is 1. The fourth-order valence-electron chi connectivity index (χ4n) is 2.67. The van der Waals surface area contributed by atoms with Crippen molar-refractivity contribution in [1.82, 2.24) is 34.9 Å². The molecular weight excluding hydrogens is 289 g/mol.